The van der Waals surface area contributed by atoms with E-state index in [-0.39, 0.29) is 31.5 Å². The molecule has 2 aromatic rings. The van der Waals surface area contributed by atoms with Crippen molar-refractivity contribution in [3.8, 4) is 0 Å². The molecule has 1 saturated heterocycles. The van der Waals surface area contributed by atoms with Gasteiger partial charge < -0.3 is 32.9 Å². The van der Waals surface area contributed by atoms with Crippen LogP contribution in [0.5, 0.6) is 0 Å². The van der Waals surface area contributed by atoms with Crippen molar-refractivity contribution in [3.63, 3.8) is 0 Å². The lowest BCUT2D eigenvalue weighted by Gasteiger charge is -2.33. The summed E-state index contributed by atoms with van der Waals surface area (Å²) >= 11 is 0. The SMILES string of the molecule is CCOP(=O)(COC1CC(OC(=O)c2ccccc2)C(N2C=NC3C(OC(=O)[NH2+]c4ccccc4)=NC(NC(C)=O)=NC32)O1)OCC. The van der Waals surface area contributed by atoms with Crippen LogP contribution in [0, 0.1) is 0 Å². The summed E-state index contributed by atoms with van der Waals surface area (Å²) in [7, 11) is -3.58. The quantitative estimate of drug-likeness (QED) is 0.203. The maximum Gasteiger partial charge on any atom is 0.524 e. The van der Waals surface area contributed by atoms with E-state index in [9.17, 15) is 18.9 Å². The summed E-state index contributed by atoms with van der Waals surface area (Å²) in [6.07, 6.45) is -3.50. The lowest BCUT2D eigenvalue weighted by molar-refractivity contribution is -0.478. The van der Waals surface area contributed by atoms with Crippen LogP contribution in [0.25, 0.3) is 0 Å². The van der Waals surface area contributed by atoms with Gasteiger partial charge in [0.1, 0.15) is 5.69 Å². The Labute approximate surface area is 270 Å². The zero-order valence-electron chi connectivity index (χ0n) is 26.0. The maximum atomic E-state index is 13.1. The molecular weight excluding hydrogens is 635 g/mol. The highest BCUT2D eigenvalue weighted by Gasteiger charge is 2.50. The summed E-state index contributed by atoms with van der Waals surface area (Å²) in [6.45, 7) is 4.94. The first-order valence-electron chi connectivity index (χ1n) is 15.0. The van der Waals surface area contributed by atoms with Crippen LogP contribution in [0.2, 0.25) is 0 Å². The lowest BCUT2D eigenvalue weighted by atomic mass is 10.1. The molecule has 1 fully saturated rings. The van der Waals surface area contributed by atoms with Gasteiger partial charge in [-0.05, 0) is 38.1 Å². The summed E-state index contributed by atoms with van der Waals surface area (Å²) in [5.41, 5.74) is 0.935. The number of fused-ring (bicyclic) bond motifs is 1. The molecule has 3 heterocycles. The molecule has 5 rings (SSSR count). The predicted octanol–water partition coefficient (Wildman–Crippen LogP) is 2.50. The molecule has 16 nitrogen and oxygen atoms in total. The number of ether oxygens (including phenoxy) is 4. The number of benzene rings is 2. The third-order valence-corrected chi connectivity index (χ3v) is 8.68. The van der Waals surface area contributed by atoms with Crippen LogP contribution < -0.4 is 10.6 Å². The molecule has 0 radical (unpaired) electrons. The topological polar surface area (TPSA) is 193 Å². The number of amides is 2. The van der Waals surface area contributed by atoms with E-state index in [4.69, 9.17) is 28.0 Å². The second kappa shape index (κ2) is 15.5. The number of hydrogen-bond acceptors (Lipinski definition) is 14. The van der Waals surface area contributed by atoms with Gasteiger partial charge in [-0.15, -0.1) is 0 Å². The zero-order valence-corrected chi connectivity index (χ0v) is 26.9. The van der Waals surface area contributed by atoms with E-state index in [1.54, 1.807) is 73.3 Å². The van der Waals surface area contributed by atoms with E-state index in [1.165, 1.54) is 18.6 Å². The normalized spacial score (nSPS) is 23.5. The summed E-state index contributed by atoms with van der Waals surface area (Å²) in [5.74, 6) is -1.28. The molecule has 2 amide bonds. The van der Waals surface area contributed by atoms with Crippen LogP contribution in [-0.4, -0.2) is 91.5 Å². The number of nitrogens with two attached hydrogens (primary N) is 1. The minimum Gasteiger partial charge on any atom is -0.454 e. The molecule has 47 heavy (non-hydrogen) atoms. The molecule has 5 atom stereocenters. The number of para-hydroxylation sites is 1. The van der Waals surface area contributed by atoms with Crippen LogP contribution in [0.15, 0.2) is 75.6 Å². The van der Waals surface area contributed by atoms with Gasteiger partial charge >= 0.3 is 19.7 Å². The molecule has 0 aromatic heterocycles. The average molecular weight is 672 g/mol. The maximum absolute atomic E-state index is 13.1. The van der Waals surface area contributed by atoms with Gasteiger partial charge in [-0.2, -0.15) is 9.79 Å². The van der Waals surface area contributed by atoms with Crippen molar-refractivity contribution in [1.29, 1.82) is 0 Å². The molecular formula is C30H36N6O10P+. The van der Waals surface area contributed by atoms with Gasteiger partial charge in [0.2, 0.25) is 17.8 Å². The van der Waals surface area contributed by atoms with Gasteiger partial charge in [0.05, 0.1) is 25.1 Å². The predicted molar refractivity (Wildman–Crippen MR) is 167 cm³/mol. The first kappa shape index (κ1) is 34.0. The Bertz CT molecular complexity index is 1560. The minimum absolute atomic E-state index is 0.0491. The Kier molecular flexibility index (Phi) is 11.2. The highest BCUT2D eigenvalue weighted by atomic mass is 31.2. The first-order valence-corrected chi connectivity index (χ1v) is 16.7. The van der Waals surface area contributed by atoms with E-state index in [2.05, 4.69) is 20.3 Å². The molecule has 3 aliphatic heterocycles. The highest BCUT2D eigenvalue weighted by Crippen LogP contribution is 2.48. The fourth-order valence-corrected chi connectivity index (χ4v) is 6.34. The Morgan fingerprint density at radius 3 is 2.38 bits per heavy atom. The Balaban J connectivity index is 1.37. The largest absolute Gasteiger partial charge is 0.524 e. The molecule has 3 aliphatic rings. The summed E-state index contributed by atoms with van der Waals surface area (Å²) < 4.78 is 47.2. The molecule has 0 bridgehead atoms. The molecule has 0 spiro atoms. The Morgan fingerprint density at radius 1 is 1.04 bits per heavy atom. The van der Waals surface area contributed by atoms with E-state index in [1.807, 2.05) is 6.07 Å². The highest BCUT2D eigenvalue weighted by molar-refractivity contribution is 7.53. The van der Waals surface area contributed by atoms with Crippen LogP contribution in [0.1, 0.15) is 37.6 Å². The number of nitrogens with zero attached hydrogens (tertiary/aromatic N) is 4. The minimum atomic E-state index is -3.58. The van der Waals surface area contributed by atoms with Gasteiger partial charge in [-0.1, -0.05) is 36.4 Å². The average Bonchev–Trinajstić information content (AvgIpc) is 3.64. The van der Waals surface area contributed by atoms with Gasteiger partial charge in [0, 0.05) is 13.3 Å². The van der Waals surface area contributed by atoms with Crippen molar-refractivity contribution in [2.45, 2.75) is 58.0 Å². The van der Waals surface area contributed by atoms with Crippen molar-refractivity contribution >= 4 is 49.4 Å². The van der Waals surface area contributed by atoms with Crippen molar-refractivity contribution in [2.24, 2.45) is 15.0 Å². The number of esters is 1. The van der Waals surface area contributed by atoms with Crippen molar-refractivity contribution in [2.75, 3.05) is 19.6 Å². The number of carbonyl (C=O) groups excluding carboxylic acids is 3. The molecule has 0 aliphatic carbocycles. The van der Waals surface area contributed by atoms with E-state index >= 15 is 0 Å². The fraction of sp³-hybridized carbons (Fsp3) is 0.400. The van der Waals surface area contributed by atoms with Crippen LogP contribution in [-0.2, 0) is 37.4 Å². The number of rotatable bonds is 11. The summed E-state index contributed by atoms with van der Waals surface area (Å²) in [6, 6.07) is 16.4. The molecule has 2 aromatic carbocycles. The van der Waals surface area contributed by atoms with Crippen molar-refractivity contribution < 1.29 is 52.3 Å². The second-order valence-corrected chi connectivity index (χ2v) is 12.4. The number of aliphatic imine (C=N–C) groups is 3. The van der Waals surface area contributed by atoms with Crippen molar-refractivity contribution in [1.82, 2.24) is 10.2 Å². The standard InChI is InChI=1S/C30H35N6O10P/c1-4-42-47(40,43-5-2)18-41-23-16-22(44-28(38)20-12-8-6-9-13-20)27(45-23)36-17-31-24-25(36)34-29(32-19(3)37)35-26(24)46-30(39)33-21-14-10-7-11-15-21/h6-15,17,22-25,27H,4-5,16,18H2,1-3H3,(H,33,39)(H,32,34,37)/p+1. The third kappa shape index (κ3) is 8.74. The number of guanidine groups is 1. The Morgan fingerprint density at radius 2 is 1.72 bits per heavy atom. The summed E-state index contributed by atoms with van der Waals surface area (Å²) in [5, 5.41) is 3.82. The molecule has 3 N–H and O–H groups in total. The number of primary amides is 1. The number of hydrogen-bond donors (Lipinski definition) is 2. The first-order chi connectivity index (χ1) is 22.7. The van der Waals surface area contributed by atoms with Crippen LogP contribution in [0.4, 0.5) is 10.5 Å². The number of carbonyl (C=O) groups is 3. The van der Waals surface area contributed by atoms with E-state index in [0.717, 1.165) is 0 Å². The monoisotopic (exact) mass is 671 g/mol. The number of nitrogens with one attached hydrogen (secondary N) is 1. The third-order valence-electron chi connectivity index (χ3n) is 6.92. The molecule has 17 heteroatoms. The molecule has 250 valence electrons. The van der Waals surface area contributed by atoms with Crippen LogP contribution >= 0.6 is 7.60 Å². The van der Waals surface area contributed by atoms with Gasteiger partial charge in [-0.25, -0.2) is 15.1 Å². The number of quaternary nitrogens is 1. The van der Waals surface area contributed by atoms with Crippen LogP contribution in [0.3, 0.4) is 0 Å². The smallest absolute Gasteiger partial charge is 0.454 e. The van der Waals surface area contributed by atoms with Crippen molar-refractivity contribution in [3.05, 3.63) is 66.2 Å². The van der Waals surface area contributed by atoms with Gasteiger partial charge in [0.25, 0.3) is 0 Å². The van der Waals surface area contributed by atoms with Gasteiger partial charge in [-0.3, -0.25) is 19.7 Å². The fourth-order valence-electron chi connectivity index (χ4n) is 4.99. The molecule has 5 unspecified atom stereocenters. The molecule has 0 saturated carbocycles. The van der Waals surface area contributed by atoms with E-state index < -0.39 is 62.7 Å². The van der Waals surface area contributed by atoms with E-state index in [0.29, 0.717) is 11.3 Å². The van der Waals surface area contributed by atoms with Gasteiger partial charge in [0.15, 0.2) is 37.2 Å². The Hall–Kier alpha value is -4.31. The lowest BCUT2D eigenvalue weighted by Crippen LogP contribution is -2.82. The zero-order chi connectivity index (χ0) is 33.4. The second-order valence-electron chi connectivity index (χ2n) is 10.4. The summed E-state index contributed by atoms with van der Waals surface area (Å²) in [4.78, 5) is 52.7.